The molecule has 0 aliphatic heterocycles. The fourth-order valence-electron chi connectivity index (χ4n) is 1.39. The van der Waals surface area contributed by atoms with Crippen molar-refractivity contribution in [3.63, 3.8) is 0 Å². The molecule has 0 spiro atoms. The van der Waals surface area contributed by atoms with Gasteiger partial charge < -0.3 is 5.73 Å². The number of nitrogen functional groups attached to an aromatic ring is 1. The van der Waals surface area contributed by atoms with Crippen LogP contribution in [0.3, 0.4) is 0 Å². The van der Waals surface area contributed by atoms with Crippen LogP contribution in [0.2, 0.25) is 0 Å². The van der Waals surface area contributed by atoms with Crippen LogP contribution in [0.4, 0.5) is 27.6 Å². The van der Waals surface area contributed by atoms with Gasteiger partial charge in [-0.15, -0.1) is 0 Å². The number of halogens is 5. The number of fused-ring (bicyclic) bond motifs is 1. The SMILES string of the molecule is Nc1cc(C(F)(F)F)nc2cc(F)c(F)cc12. The number of hydrogen-bond acceptors (Lipinski definition) is 2. The second-order valence-corrected chi connectivity index (χ2v) is 3.38. The summed E-state index contributed by atoms with van der Waals surface area (Å²) in [5.74, 6) is -2.46. The summed E-state index contributed by atoms with van der Waals surface area (Å²) >= 11 is 0. The van der Waals surface area contributed by atoms with Crippen LogP contribution in [-0.2, 0) is 6.18 Å². The maximum absolute atomic E-state index is 12.9. The number of alkyl halides is 3. The second-order valence-electron chi connectivity index (χ2n) is 3.38. The number of pyridine rings is 1. The molecule has 0 aliphatic rings. The lowest BCUT2D eigenvalue weighted by atomic mass is 10.1. The maximum atomic E-state index is 12.9. The summed E-state index contributed by atoms with van der Waals surface area (Å²) in [5.41, 5.74) is 3.46. The molecule has 0 atom stereocenters. The Kier molecular flexibility index (Phi) is 2.41. The van der Waals surface area contributed by atoms with Gasteiger partial charge in [0.1, 0.15) is 5.69 Å². The van der Waals surface area contributed by atoms with Gasteiger partial charge in [0.25, 0.3) is 0 Å². The Morgan fingerprint density at radius 3 is 2.18 bits per heavy atom. The van der Waals surface area contributed by atoms with E-state index in [2.05, 4.69) is 4.98 Å². The van der Waals surface area contributed by atoms with Crippen LogP contribution >= 0.6 is 0 Å². The first kappa shape index (κ1) is 11.6. The molecule has 90 valence electrons. The van der Waals surface area contributed by atoms with Crippen molar-refractivity contribution in [2.24, 2.45) is 0 Å². The van der Waals surface area contributed by atoms with Gasteiger partial charge >= 0.3 is 6.18 Å². The Bertz CT molecular complexity index is 591. The van der Waals surface area contributed by atoms with Crippen molar-refractivity contribution < 1.29 is 22.0 Å². The standard InChI is InChI=1S/C10H5F5N2/c11-5-1-4-7(16)3-9(10(13,14)15)17-8(4)2-6(5)12/h1-3H,(H2,16,17). The maximum Gasteiger partial charge on any atom is 0.433 e. The van der Waals surface area contributed by atoms with Crippen molar-refractivity contribution in [3.05, 3.63) is 35.5 Å². The van der Waals surface area contributed by atoms with E-state index in [1.165, 1.54) is 0 Å². The minimum atomic E-state index is -4.69. The van der Waals surface area contributed by atoms with Gasteiger partial charge in [0.2, 0.25) is 0 Å². The largest absolute Gasteiger partial charge is 0.433 e. The highest BCUT2D eigenvalue weighted by Gasteiger charge is 2.33. The molecule has 0 unspecified atom stereocenters. The predicted octanol–water partition coefficient (Wildman–Crippen LogP) is 3.11. The summed E-state index contributed by atoms with van der Waals surface area (Å²) in [7, 11) is 0. The summed E-state index contributed by atoms with van der Waals surface area (Å²) in [4.78, 5) is 3.20. The zero-order valence-corrected chi connectivity index (χ0v) is 8.15. The Morgan fingerprint density at radius 1 is 1.00 bits per heavy atom. The number of nitrogens with zero attached hydrogens (tertiary/aromatic N) is 1. The van der Waals surface area contributed by atoms with Gasteiger partial charge in [-0.1, -0.05) is 0 Å². The molecule has 0 fully saturated rings. The molecule has 2 rings (SSSR count). The van der Waals surface area contributed by atoms with Crippen molar-refractivity contribution in [3.8, 4) is 0 Å². The van der Waals surface area contributed by atoms with Gasteiger partial charge in [-0.2, -0.15) is 13.2 Å². The molecule has 0 bridgehead atoms. The van der Waals surface area contributed by atoms with Crippen molar-refractivity contribution in [2.75, 3.05) is 5.73 Å². The van der Waals surface area contributed by atoms with Crippen LogP contribution in [0.15, 0.2) is 18.2 Å². The third-order valence-electron chi connectivity index (χ3n) is 2.17. The van der Waals surface area contributed by atoms with Crippen LogP contribution in [0.5, 0.6) is 0 Å². The molecule has 2 N–H and O–H groups in total. The lowest BCUT2D eigenvalue weighted by Crippen LogP contribution is -2.09. The van der Waals surface area contributed by atoms with E-state index in [1.807, 2.05) is 0 Å². The monoisotopic (exact) mass is 248 g/mol. The molecule has 0 aliphatic carbocycles. The Hall–Kier alpha value is -1.92. The number of nitrogens with two attached hydrogens (primary N) is 1. The molecule has 0 amide bonds. The Labute approximate surface area is 91.9 Å². The van der Waals surface area contributed by atoms with E-state index < -0.39 is 23.5 Å². The lowest BCUT2D eigenvalue weighted by Gasteiger charge is -2.09. The number of benzene rings is 1. The molecule has 7 heteroatoms. The molecule has 1 aromatic carbocycles. The summed E-state index contributed by atoms with van der Waals surface area (Å²) in [6.07, 6.45) is -4.69. The molecular weight excluding hydrogens is 243 g/mol. The molecule has 2 aromatic rings. The van der Waals surface area contributed by atoms with E-state index in [4.69, 9.17) is 5.73 Å². The predicted molar refractivity (Wildman–Crippen MR) is 51.1 cm³/mol. The molecule has 17 heavy (non-hydrogen) atoms. The number of aromatic nitrogens is 1. The van der Waals surface area contributed by atoms with E-state index in [-0.39, 0.29) is 16.6 Å². The second kappa shape index (κ2) is 3.54. The molecule has 0 saturated heterocycles. The minimum Gasteiger partial charge on any atom is -0.398 e. The highest BCUT2D eigenvalue weighted by atomic mass is 19.4. The van der Waals surface area contributed by atoms with E-state index in [9.17, 15) is 22.0 Å². The number of rotatable bonds is 0. The highest BCUT2D eigenvalue weighted by Crippen LogP contribution is 2.32. The summed E-state index contributed by atoms with van der Waals surface area (Å²) < 4.78 is 62.9. The normalized spacial score (nSPS) is 12.1. The van der Waals surface area contributed by atoms with Crippen LogP contribution < -0.4 is 5.73 Å². The van der Waals surface area contributed by atoms with Gasteiger partial charge in [0, 0.05) is 17.1 Å². The number of anilines is 1. The molecular formula is C10H5F5N2. The van der Waals surface area contributed by atoms with Crippen molar-refractivity contribution in [1.29, 1.82) is 0 Å². The Morgan fingerprint density at radius 2 is 1.59 bits per heavy atom. The average Bonchev–Trinajstić information content (AvgIpc) is 2.19. The van der Waals surface area contributed by atoms with Crippen LogP contribution in [0.1, 0.15) is 5.69 Å². The average molecular weight is 248 g/mol. The zero-order chi connectivity index (χ0) is 12.8. The van der Waals surface area contributed by atoms with Gasteiger partial charge in [0.05, 0.1) is 5.52 Å². The Balaban J connectivity index is 2.78. The third kappa shape index (κ3) is 2.00. The van der Waals surface area contributed by atoms with Gasteiger partial charge in [-0.3, -0.25) is 0 Å². The first-order chi connectivity index (χ1) is 7.79. The van der Waals surface area contributed by atoms with Gasteiger partial charge in [0.15, 0.2) is 11.6 Å². The number of hydrogen-bond donors (Lipinski definition) is 1. The van der Waals surface area contributed by atoms with Gasteiger partial charge in [-0.05, 0) is 12.1 Å². The molecule has 1 aromatic heterocycles. The smallest absolute Gasteiger partial charge is 0.398 e. The van der Waals surface area contributed by atoms with Crippen molar-refractivity contribution >= 4 is 16.6 Å². The van der Waals surface area contributed by atoms with E-state index in [1.54, 1.807) is 0 Å². The van der Waals surface area contributed by atoms with Crippen LogP contribution in [-0.4, -0.2) is 4.98 Å². The summed E-state index contributed by atoms with van der Waals surface area (Å²) in [6, 6.07) is 1.88. The molecule has 0 radical (unpaired) electrons. The minimum absolute atomic E-state index is 0.0584. The van der Waals surface area contributed by atoms with E-state index in [0.29, 0.717) is 18.2 Å². The van der Waals surface area contributed by atoms with E-state index >= 15 is 0 Å². The first-order valence-electron chi connectivity index (χ1n) is 4.41. The molecule has 1 heterocycles. The fourth-order valence-corrected chi connectivity index (χ4v) is 1.39. The highest BCUT2D eigenvalue weighted by molar-refractivity contribution is 5.90. The van der Waals surface area contributed by atoms with Crippen molar-refractivity contribution in [1.82, 2.24) is 4.98 Å². The van der Waals surface area contributed by atoms with Crippen molar-refractivity contribution in [2.45, 2.75) is 6.18 Å². The molecule has 0 saturated carbocycles. The lowest BCUT2D eigenvalue weighted by molar-refractivity contribution is -0.140. The summed E-state index contributed by atoms with van der Waals surface area (Å²) in [5, 5.41) is -0.0584. The quantitative estimate of drug-likeness (QED) is 0.727. The van der Waals surface area contributed by atoms with Crippen LogP contribution in [0, 0.1) is 11.6 Å². The molecule has 2 nitrogen and oxygen atoms in total. The fraction of sp³-hybridized carbons (Fsp3) is 0.100. The van der Waals surface area contributed by atoms with Gasteiger partial charge in [-0.25, -0.2) is 13.8 Å². The van der Waals surface area contributed by atoms with E-state index in [0.717, 1.165) is 0 Å². The topological polar surface area (TPSA) is 38.9 Å². The first-order valence-corrected chi connectivity index (χ1v) is 4.41. The van der Waals surface area contributed by atoms with Crippen LogP contribution in [0.25, 0.3) is 10.9 Å². The zero-order valence-electron chi connectivity index (χ0n) is 8.15. The summed E-state index contributed by atoms with van der Waals surface area (Å²) in [6.45, 7) is 0. The third-order valence-corrected chi connectivity index (χ3v) is 2.17.